The molecule has 6 nitrogen and oxygen atoms in total. The molecule has 2 unspecified atom stereocenters. The van der Waals surface area contributed by atoms with Gasteiger partial charge in [0.05, 0.1) is 25.4 Å². The Labute approximate surface area is 135 Å². The Morgan fingerprint density at radius 3 is 2.82 bits per heavy atom. The fourth-order valence-corrected chi connectivity index (χ4v) is 2.55. The lowest BCUT2D eigenvalue weighted by atomic mass is 10.1. The van der Waals surface area contributed by atoms with Gasteiger partial charge >= 0.3 is 0 Å². The maximum atomic E-state index is 12.0. The normalized spacial score (nSPS) is 23.3. The number of aliphatic hydroxyl groups is 1. The molecule has 0 spiro atoms. The van der Waals surface area contributed by atoms with E-state index in [-0.39, 0.29) is 24.4 Å². The summed E-state index contributed by atoms with van der Waals surface area (Å²) in [6.07, 6.45) is 0.905. The standard InChI is InChI=1S/C15H20N2O4.ClH/c18-11-7-12(16-9-11)15(19)17-8-10-2-3-13-14(6-10)21-5-1-4-20-13;/h2-3,6,11-12,16,18H,1,4-5,7-9H2,(H,17,19);1H. The zero-order chi connectivity index (χ0) is 14.7. The molecule has 3 rings (SSSR count). The summed E-state index contributed by atoms with van der Waals surface area (Å²) >= 11 is 0. The van der Waals surface area contributed by atoms with Crippen molar-refractivity contribution in [3.8, 4) is 11.5 Å². The fourth-order valence-electron chi connectivity index (χ4n) is 2.55. The van der Waals surface area contributed by atoms with Crippen molar-refractivity contribution in [3.63, 3.8) is 0 Å². The van der Waals surface area contributed by atoms with Gasteiger partial charge < -0.3 is 25.2 Å². The molecular weight excluding hydrogens is 308 g/mol. The van der Waals surface area contributed by atoms with Crippen molar-refractivity contribution in [1.29, 1.82) is 0 Å². The highest BCUT2D eigenvalue weighted by Crippen LogP contribution is 2.30. The van der Waals surface area contributed by atoms with E-state index >= 15 is 0 Å². The number of β-amino-alcohol motifs (C(OH)–C–C–N with tert-alkyl or cyclic N) is 1. The monoisotopic (exact) mass is 328 g/mol. The summed E-state index contributed by atoms with van der Waals surface area (Å²) in [5.41, 5.74) is 0.964. The number of aliphatic hydroxyl groups excluding tert-OH is 1. The van der Waals surface area contributed by atoms with E-state index in [0.717, 1.165) is 23.5 Å². The third kappa shape index (κ3) is 4.03. The van der Waals surface area contributed by atoms with E-state index in [2.05, 4.69) is 10.6 Å². The second-order valence-corrected chi connectivity index (χ2v) is 5.40. The van der Waals surface area contributed by atoms with Crippen LogP contribution in [0.3, 0.4) is 0 Å². The summed E-state index contributed by atoms with van der Waals surface area (Å²) in [6.45, 7) is 2.22. The molecule has 0 radical (unpaired) electrons. The third-order valence-corrected chi connectivity index (χ3v) is 3.70. The van der Waals surface area contributed by atoms with Gasteiger partial charge in [0, 0.05) is 19.5 Å². The second kappa shape index (κ2) is 7.67. The number of hydrogen-bond donors (Lipinski definition) is 3. The molecule has 2 aliphatic heterocycles. The number of benzene rings is 1. The average molecular weight is 329 g/mol. The summed E-state index contributed by atoms with van der Waals surface area (Å²) in [4.78, 5) is 12.0. The van der Waals surface area contributed by atoms with Crippen LogP contribution in [0.2, 0.25) is 0 Å². The molecule has 1 amide bonds. The van der Waals surface area contributed by atoms with Crippen molar-refractivity contribution in [1.82, 2.24) is 10.6 Å². The number of hydrogen-bond acceptors (Lipinski definition) is 5. The van der Waals surface area contributed by atoms with E-state index in [1.165, 1.54) is 0 Å². The van der Waals surface area contributed by atoms with Gasteiger partial charge in [-0.15, -0.1) is 12.4 Å². The van der Waals surface area contributed by atoms with Crippen LogP contribution in [0.4, 0.5) is 0 Å². The zero-order valence-corrected chi connectivity index (χ0v) is 13.0. The maximum Gasteiger partial charge on any atom is 0.237 e. The van der Waals surface area contributed by atoms with Gasteiger partial charge in [-0.25, -0.2) is 0 Å². The number of amides is 1. The molecule has 2 aliphatic rings. The minimum Gasteiger partial charge on any atom is -0.490 e. The molecular formula is C15H21ClN2O4. The molecule has 0 aliphatic carbocycles. The van der Waals surface area contributed by atoms with Crippen LogP contribution in [0.5, 0.6) is 11.5 Å². The van der Waals surface area contributed by atoms with Crippen molar-refractivity contribution in [2.24, 2.45) is 0 Å². The zero-order valence-electron chi connectivity index (χ0n) is 12.2. The van der Waals surface area contributed by atoms with Gasteiger partial charge in [-0.2, -0.15) is 0 Å². The molecule has 1 aromatic carbocycles. The number of ether oxygens (including phenoxy) is 2. The molecule has 7 heteroatoms. The van der Waals surface area contributed by atoms with Gasteiger partial charge in [-0.05, 0) is 24.1 Å². The Morgan fingerprint density at radius 2 is 2.09 bits per heavy atom. The van der Waals surface area contributed by atoms with Gasteiger partial charge in [0.15, 0.2) is 11.5 Å². The van der Waals surface area contributed by atoms with E-state index in [9.17, 15) is 9.90 Å². The van der Waals surface area contributed by atoms with Crippen molar-refractivity contribution in [2.45, 2.75) is 31.5 Å². The summed E-state index contributed by atoms with van der Waals surface area (Å²) in [6, 6.07) is 5.39. The largest absolute Gasteiger partial charge is 0.490 e. The number of nitrogens with one attached hydrogen (secondary N) is 2. The molecule has 0 bridgehead atoms. The number of rotatable bonds is 3. The topological polar surface area (TPSA) is 79.8 Å². The third-order valence-electron chi connectivity index (χ3n) is 3.70. The molecule has 22 heavy (non-hydrogen) atoms. The summed E-state index contributed by atoms with van der Waals surface area (Å²) in [5, 5.41) is 15.3. The van der Waals surface area contributed by atoms with E-state index < -0.39 is 6.10 Å². The molecule has 122 valence electrons. The highest BCUT2D eigenvalue weighted by molar-refractivity contribution is 5.85. The number of fused-ring (bicyclic) bond motifs is 1. The first-order chi connectivity index (χ1) is 10.2. The molecule has 1 aromatic rings. The molecule has 0 aromatic heterocycles. The molecule has 2 atom stereocenters. The van der Waals surface area contributed by atoms with E-state index in [1.54, 1.807) is 0 Å². The lowest BCUT2D eigenvalue weighted by molar-refractivity contribution is -0.123. The van der Waals surface area contributed by atoms with Gasteiger partial charge in [0.1, 0.15) is 0 Å². The maximum absolute atomic E-state index is 12.0. The Morgan fingerprint density at radius 1 is 1.32 bits per heavy atom. The van der Waals surface area contributed by atoms with Crippen LogP contribution >= 0.6 is 12.4 Å². The van der Waals surface area contributed by atoms with E-state index in [4.69, 9.17) is 9.47 Å². The minimum atomic E-state index is -0.432. The van der Waals surface area contributed by atoms with E-state index in [1.807, 2.05) is 18.2 Å². The molecule has 3 N–H and O–H groups in total. The van der Waals surface area contributed by atoms with Gasteiger partial charge in [-0.1, -0.05) is 6.07 Å². The number of carbonyl (C=O) groups is 1. The second-order valence-electron chi connectivity index (χ2n) is 5.40. The van der Waals surface area contributed by atoms with Crippen LogP contribution in [0.1, 0.15) is 18.4 Å². The van der Waals surface area contributed by atoms with Crippen LogP contribution in [0, 0.1) is 0 Å². The van der Waals surface area contributed by atoms with Crippen LogP contribution in [-0.4, -0.2) is 42.9 Å². The summed E-state index contributed by atoms with van der Waals surface area (Å²) in [7, 11) is 0. The molecule has 1 saturated heterocycles. The first-order valence-corrected chi connectivity index (χ1v) is 7.30. The number of halogens is 1. The van der Waals surface area contributed by atoms with Gasteiger partial charge in [0.25, 0.3) is 0 Å². The SMILES string of the molecule is Cl.O=C(NCc1ccc2c(c1)OCCCO2)C1CC(O)CN1. The van der Waals surface area contributed by atoms with Crippen LogP contribution in [0.15, 0.2) is 18.2 Å². The molecule has 2 heterocycles. The van der Waals surface area contributed by atoms with Crippen molar-refractivity contribution in [3.05, 3.63) is 23.8 Å². The quantitative estimate of drug-likeness (QED) is 0.757. The van der Waals surface area contributed by atoms with Crippen LogP contribution in [-0.2, 0) is 11.3 Å². The lowest BCUT2D eigenvalue weighted by Gasteiger charge is -2.12. The Kier molecular flexibility index (Phi) is 5.88. The summed E-state index contributed by atoms with van der Waals surface area (Å²) < 4.78 is 11.2. The van der Waals surface area contributed by atoms with E-state index in [0.29, 0.717) is 32.7 Å². The minimum absolute atomic E-state index is 0. The average Bonchev–Trinajstić information content (AvgIpc) is 2.79. The van der Waals surface area contributed by atoms with Gasteiger partial charge in [0.2, 0.25) is 5.91 Å². The van der Waals surface area contributed by atoms with Gasteiger partial charge in [-0.3, -0.25) is 4.79 Å². The lowest BCUT2D eigenvalue weighted by Crippen LogP contribution is -2.40. The first kappa shape index (κ1) is 16.9. The highest BCUT2D eigenvalue weighted by Gasteiger charge is 2.27. The first-order valence-electron chi connectivity index (χ1n) is 7.30. The fraction of sp³-hybridized carbons (Fsp3) is 0.533. The van der Waals surface area contributed by atoms with Crippen molar-refractivity contribution >= 4 is 18.3 Å². The van der Waals surface area contributed by atoms with Crippen LogP contribution in [0.25, 0.3) is 0 Å². The predicted molar refractivity (Wildman–Crippen MR) is 83.6 cm³/mol. The number of carbonyl (C=O) groups excluding carboxylic acids is 1. The Hall–Kier alpha value is -1.50. The van der Waals surface area contributed by atoms with Crippen molar-refractivity contribution in [2.75, 3.05) is 19.8 Å². The van der Waals surface area contributed by atoms with Crippen molar-refractivity contribution < 1.29 is 19.4 Å². The predicted octanol–water partition coefficient (Wildman–Crippen LogP) is 0.609. The smallest absolute Gasteiger partial charge is 0.237 e. The molecule has 1 fully saturated rings. The Bertz CT molecular complexity index is 526. The molecule has 0 saturated carbocycles. The Balaban J connectivity index is 0.00000176. The van der Waals surface area contributed by atoms with Crippen LogP contribution < -0.4 is 20.1 Å². The highest BCUT2D eigenvalue weighted by atomic mass is 35.5. The summed E-state index contributed by atoms with van der Waals surface area (Å²) in [5.74, 6) is 1.40.